The molecule has 28 heavy (non-hydrogen) atoms. The molecule has 1 amide bonds. The average Bonchev–Trinajstić information content (AvgIpc) is 3.04. The van der Waals surface area contributed by atoms with Gasteiger partial charge in [-0.05, 0) is 36.4 Å². The lowest BCUT2D eigenvalue weighted by atomic mass is 10.1. The molecule has 0 aliphatic carbocycles. The molecular weight excluding hydrogens is 350 g/mol. The zero-order valence-electron chi connectivity index (χ0n) is 14.8. The van der Waals surface area contributed by atoms with Gasteiger partial charge in [-0.2, -0.15) is 0 Å². The summed E-state index contributed by atoms with van der Waals surface area (Å²) in [6.07, 6.45) is 1.68. The van der Waals surface area contributed by atoms with Crippen LogP contribution in [0.3, 0.4) is 0 Å². The molecule has 4 aromatic rings. The second kappa shape index (κ2) is 6.32. The van der Waals surface area contributed by atoms with E-state index in [-0.39, 0.29) is 11.5 Å². The molecule has 1 aliphatic rings. The predicted molar refractivity (Wildman–Crippen MR) is 110 cm³/mol. The molecule has 0 unspecified atom stereocenters. The summed E-state index contributed by atoms with van der Waals surface area (Å²) in [6, 6.07) is 24.0. The van der Waals surface area contributed by atoms with E-state index in [2.05, 4.69) is 10.3 Å². The molecule has 0 spiro atoms. The predicted octanol–water partition coefficient (Wildman–Crippen LogP) is 3.88. The van der Waals surface area contributed by atoms with E-state index in [1.165, 1.54) is 0 Å². The standard InChI is InChI=1S/C23H15N3O2/c27-22-18(16-10-4-6-12-19(16)25-22)14-21-24-20-13-7-5-11-17(20)23(28)26(21)15-8-2-1-3-9-15/h1-14H,(H,25,27). The van der Waals surface area contributed by atoms with Crippen molar-refractivity contribution in [2.45, 2.75) is 0 Å². The van der Waals surface area contributed by atoms with Crippen molar-refractivity contribution in [2.75, 3.05) is 5.32 Å². The maximum Gasteiger partial charge on any atom is 0.266 e. The van der Waals surface area contributed by atoms with E-state index >= 15 is 0 Å². The number of amides is 1. The number of benzene rings is 3. The Kier molecular flexibility index (Phi) is 3.66. The number of fused-ring (bicyclic) bond motifs is 2. The van der Waals surface area contributed by atoms with E-state index in [1.807, 2.05) is 66.7 Å². The highest BCUT2D eigenvalue weighted by Crippen LogP contribution is 2.32. The molecule has 3 aromatic carbocycles. The monoisotopic (exact) mass is 365 g/mol. The maximum atomic E-state index is 13.2. The van der Waals surface area contributed by atoms with E-state index in [0.29, 0.717) is 28.0 Å². The summed E-state index contributed by atoms with van der Waals surface area (Å²) in [7, 11) is 0. The third kappa shape index (κ3) is 2.53. The third-order valence-corrected chi connectivity index (χ3v) is 4.80. The van der Waals surface area contributed by atoms with Crippen molar-refractivity contribution in [1.82, 2.24) is 9.55 Å². The Hall–Kier alpha value is -3.99. The molecule has 5 nitrogen and oxygen atoms in total. The third-order valence-electron chi connectivity index (χ3n) is 4.80. The lowest BCUT2D eigenvalue weighted by Crippen LogP contribution is -2.22. The molecule has 5 heteroatoms. The van der Waals surface area contributed by atoms with Crippen molar-refractivity contribution in [3.05, 3.63) is 101 Å². The van der Waals surface area contributed by atoms with Crippen LogP contribution in [0.5, 0.6) is 0 Å². The van der Waals surface area contributed by atoms with Crippen molar-refractivity contribution in [1.29, 1.82) is 0 Å². The highest BCUT2D eigenvalue weighted by atomic mass is 16.2. The summed E-state index contributed by atoms with van der Waals surface area (Å²) < 4.78 is 1.55. The minimum Gasteiger partial charge on any atom is -0.321 e. The Bertz CT molecular complexity index is 1320. The van der Waals surface area contributed by atoms with Gasteiger partial charge in [-0.15, -0.1) is 0 Å². The maximum absolute atomic E-state index is 13.2. The van der Waals surface area contributed by atoms with Gasteiger partial charge in [0.2, 0.25) is 0 Å². The molecule has 5 rings (SSSR count). The zero-order chi connectivity index (χ0) is 19.1. The molecule has 0 fully saturated rings. The number of carbonyl (C=O) groups excluding carboxylic acids is 1. The van der Waals surface area contributed by atoms with Crippen molar-refractivity contribution in [2.24, 2.45) is 0 Å². The molecule has 2 heterocycles. The van der Waals surface area contributed by atoms with Crippen LogP contribution in [-0.2, 0) is 4.79 Å². The van der Waals surface area contributed by atoms with Crippen LogP contribution >= 0.6 is 0 Å². The molecule has 0 saturated heterocycles. The number of nitrogens with one attached hydrogen (secondary N) is 1. The van der Waals surface area contributed by atoms with E-state index < -0.39 is 0 Å². The van der Waals surface area contributed by atoms with Crippen molar-refractivity contribution in [3.8, 4) is 5.69 Å². The summed E-state index contributed by atoms with van der Waals surface area (Å²) in [5, 5.41) is 3.39. The Morgan fingerprint density at radius 1 is 0.821 bits per heavy atom. The van der Waals surface area contributed by atoms with E-state index in [0.717, 1.165) is 11.3 Å². The van der Waals surface area contributed by atoms with Gasteiger partial charge in [0.1, 0.15) is 5.82 Å². The molecule has 0 bridgehead atoms. The molecule has 0 saturated carbocycles. The summed E-state index contributed by atoms with van der Waals surface area (Å²) >= 11 is 0. The van der Waals surface area contributed by atoms with Crippen LogP contribution in [-0.4, -0.2) is 15.5 Å². The first-order valence-corrected chi connectivity index (χ1v) is 8.92. The lowest BCUT2D eigenvalue weighted by Gasteiger charge is -2.12. The number of para-hydroxylation sites is 3. The fourth-order valence-electron chi connectivity index (χ4n) is 3.48. The van der Waals surface area contributed by atoms with Crippen LogP contribution in [0.1, 0.15) is 11.4 Å². The molecular formula is C23H15N3O2. The van der Waals surface area contributed by atoms with Gasteiger partial charge in [0.25, 0.3) is 11.5 Å². The minimum atomic E-state index is -0.205. The fraction of sp³-hybridized carbons (Fsp3) is 0. The Balaban J connectivity index is 1.83. The van der Waals surface area contributed by atoms with E-state index in [4.69, 9.17) is 0 Å². The van der Waals surface area contributed by atoms with Gasteiger partial charge in [0.05, 0.1) is 22.2 Å². The number of rotatable bonds is 2. The van der Waals surface area contributed by atoms with Crippen molar-refractivity contribution < 1.29 is 4.79 Å². The highest BCUT2D eigenvalue weighted by Gasteiger charge is 2.24. The Labute approximate surface area is 160 Å². The van der Waals surface area contributed by atoms with Crippen molar-refractivity contribution >= 4 is 34.1 Å². The number of carbonyl (C=O) groups is 1. The lowest BCUT2D eigenvalue weighted by molar-refractivity contribution is -0.110. The van der Waals surface area contributed by atoms with E-state index in [9.17, 15) is 9.59 Å². The SMILES string of the molecule is O=C1Nc2ccccc2C1=Cc1nc2ccccc2c(=O)n1-c1ccccc1. The van der Waals surface area contributed by atoms with Crippen LogP contribution in [0.2, 0.25) is 0 Å². The summed E-state index contributed by atoms with van der Waals surface area (Å²) in [6.45, 7) is 0. The van der Waals surface area contributed by atoms with Crippen LogP contribution in [0, 0.1) is 0 Å². The van der Waals surface area contributed by atoms with Gasteiger partial charge >= 0.3 is 0 Å². The zero-order valence-corrected chi connectivity index (χ0v) is 14.8. The normalized spacial score (nSPS) is 14.3. The molecule has 134 valence electrons. The fourth-order valence-corrected chi connectivity index (χ4v) is 3.48. The Morgan fingerprint density at radius 3 is 2.39 bits per heavy atom. The topological polar surface area (TPSA) is 64.0 Å². The van der Waals surface area contributed by atoms with Crippen LogP contribution < -0.4 is 10.9 Å². The largest absolute Gasteiger partial charge is 0.321 e. The van der Waals surface area contributed by atoms with Crippen LogP contribution in [0.15, 0.2) is 83.7 Å². The number of aromatic nitrogens is 2. The van der Waals surface area contributed by atoms with Gasteiger partial charge < -0.3 is 5.32 Å². The number of hydrogen-bond donors (Lipinski definition) is 1. The number of anilines is 1. The highest BCUT2D eigenvalue weighted by molar-refractivity contribution is 6.34. The first-order valence-electron chi connectivity index (χ1n) is 8.92. The summed E-state index contributed by atoms with van der Waals surface area (Å²) in [5.41, 5.74) is 3.17. The summed E-state index contributed by atoms with van der Waals surface area (Å²) in [4.78, 5) is 30.5. The average molecular weight is 365 g/mol. The van der Waals surface area contributed by atoms with Gasteiger partial charge in [0, 0.05) is 11.3 Å². The molecule has 1 N–H and O–H groups in total. The Morgan fingerprint density at radius 2 is 1.54 bits per heavy atom. The second-order valence-corrected chi connectivity index (χ2v) is 6.52. The molecule has 0 radical (unpaired) electrons. The number of nitrogens with zero attached hydrogens (tertiary/aromatic N) is 2. The van der Waals surface area contributed by atoms with Crippen LogP contribution in [0.25, 0.3) is 28.2 Å². The number of hydrogen-bond acceptors (Lipinski definition) is 3. The first kappa shape index (κ1) is 16.2. The molecule has 1 aromatic heterocycles. The van der Waals surface area contributed by atoms with Gasteiger partial charge in [-0.3, -0.25) is 14.2 Å². The smallest absolute Gasteiger partial charge is 0.266 e. The van der Waals surface area contributed by atoms with Gasteiger partial charge in [-0.25, -0.2) is 4.98 Å². The minimum absolute atomic E-state index is 0.171. The van der Waals surface area contributed by atoms with E-state index in [1.54, 1.807) is 22.8 Å². The molecule has 1 aliphatic heterocycles. The molecule has 0 atom stereocenters. The van der Waals surface area contributed by atoms with Gasteiger partial charge in [0.15, 0.2) is 0 Å². The first-order chi connectivity index (χ1) is 13.7. The van der Waals surface area contributed by atoms with Gasteiger partial charge in [-0.1, -0.05) is 48.5 Å². The quantitative estimate of drug-likeness (QED) is 0.548. The van der Waals surface area contributed by atoms with Crippen LogP contribution in [0.4, 0.5) is 5.69 Å². The summed E-state index contributed by atoms with van der Waals surface area (Å²) in [5.74, 6) is 0.208. The van der Waals surface area contributed by atoms with Crippen molar-refractivity contribution in [3.63, 3.8) is 0 Å². The second-order valence-electron chi connectivity index (χ2n) is 6.52.